The third-order valence-corrected chi connectivity index (χ3v) is 3.02. The minimum atomic E-state index is 0.124. The molecule has 79 valence electrons. The summed E-state index contributed by atoms with van der Waals surface area (Å²) >= 11 is 0. The first-order valence-corrected chi connectivity index (χ1v) is 5.86. The van der Waals surface area contributed by atoms with Crippen LogP contribution in [0.5, 0.6) is 0 Å². The molecule has 0 N–H and O–H groups in total. The van der Waals surface area contributed by atoms with Gasteiger partial charge in [0.15, 0.2) is 0 Å². The SMILES string of the molecule is CCCCC(CC)CC(CC)C[O]. The summed E-state index contributed by atoms with van der Waals surface area (Å²) in [5, 5.41) is 10.8. The molecule has 0 aromatic rings. The lowest BCUT2D eigenvalue weighted by Gasteiger charge is -2.19. The summed E-state index contributed by atoms with van der Waals surface area (Å²) in [5.41, 5.74) is 0. The summed E-state index contributed by atoms with van der Waals surface area (Å²) in [6.07, 6.45) is 7.40. The molecule has 0 aliphatic heterocycles. The van der Waals surface area contributed by atoms with Gasteiger partial charge in [0.2, 0.25) is 0 Å². The van der Waals surface area contributed by atoms with Crippen molar-refractivity contribution in [3.8, 4) is 0 Å². The molecule has 2 atom stereocenters. The van der Waals surface area contributed by atoms with Gasteiger partial charge in [-0.15, -0.1) is 0 Å². The molecule has 0 saturated carbocycles. The predicted molar refractivity (Wildman–Crippen MR) is 57.3 cm³/mol. The Morgan fingerprint density at radius 1 is 1.00 bits per heavy atom. The van der Waals surface area contributed by atoms with Crippen LogP contribution in [0.1, 0.15) is 59.3 Å². The van der Waals surface area contributed by atoms with Gasteiger partial charge in [-0.05, 0) is 18.3 Å². The fourth-order valence-electron chi connectivity index (χ4n) is 1.81. The van der Waals surface area contributed by atoms with Crippen molar-refractivity contribution in [1.29, 1.82) is 0 Å². The van der Waals surface area contributed by atoms with Crippen LogP contribution in [0.25, 0.3) is 0 Å². The van der Waals surface area contributed by atoms with Crippen LogP contribution in [-0.4, -0.2) is 6.61 Å². The fourth-order valence-corrected chi connectivity index (χ4v) is 1.81. The van der Waals surface area contributed by atoms with Gasteiger partial charge in [-0.25, -0.2) is 5.11 Å². The highest BCUT2D eigenvalue weighted by Gasteiger charge is 2.12. The maximum Gasteiger partial charge on any atom is 0.0850 e. The minimum absolute atomic E-state index is 0.124. The molecule has 1 nitrogen and oxygen atoms in total. The van der Waals surface area contributed by atoms with Crippen molar-refractivity contribution in [3.63, 3.8) is 0 Å². The lowest BCUT2D eigenvalue weighted by atomic mass is 9.88. The summed E-state index contributed by atoms with van der Waals surface area (Å²) in [6, 6.07) is 0. The van der Waals surface area contributed by atoms with E-state index in [9.17, 15) is 5.11 Å². The van der Waals surface area contributed by atoms with Gasteiger partial charge in [0.05, 0.1) is 6.61 Å². The van der Waals surface area contributed by atoms with Gasteiger partial charge in [-0.3, -0.25) is 0 Å². The van der Waals surface area contributed by atoms with Crippen molar-refractivity contribution in [2.45, 2.75) is 59.3 Å². The van der Waals surface area contributed by atoms with Gasteiger partial charge in [0.25, 0.3) is 0 Å². The van der Waals surface area contributed by atoms with Gasteiger partial charge in [0.1, 0.15) is 0 Å². The van der Waals surface area contributed by atoms with Crippen LogP contribution in [0.4, 0.5) is 0 Å². The maximum atomic E-state index is 10.8. The van der Waals surface area contributed by atoms with Crippen molar-refractivity contribution in [2.75, 3.05) is 6.61 Å². The molecule has 0 spiro atoms. The summed E-state index contributed by atoms with van der Waals surface area (Å²) < 4.78 is 0. The predicted octanol–water partition coefficient (Wildman–Crippen LogP) is 4.05. The van der Waals surface area contributed by atoms with Gasteiger partial charge in [-0.1, -0.05) is 52.9 Å². The Morgan fingerprint density at radius 2 is 1.62 bits per heavy atom. The third kappa shape index (κ3) is 6.09. The highest BCUT2D eigenvalue weighted by molar-refractivity contribution is 4.64. The van der Waals surface area contributed by atoms with E-state index >= 15 is 0 Å². The Hall–Kier alpha value is -0.0400. The van der Waals surface area contributed by atoms with E-state index in [4.69, 9.17) is 0 Å². The van der Waals surface area contributed by atoms with Gasteiger partial charge in [0, 0.05) is 0 Å². The molecule has 0 amide bonds. The molecule has 2 unspecified atom stereocenters. The van der Waals surface area contributed by atoms with E-state index in [-0.39, 0.29) is 6.61 Å². The smallest absolute Gasteiger partial charge is 0.0850 e. The first-order valence-electron chi connectivity index (χ1n) is 5.86. The van der Waals surface area contributed by atoms with Crippen molar-refractivity contribution >= 4 is 0 Å². The molecular formula is C12H25O. The number of unbranched alkanes of at least 4 members (excludes halogenated alkanes) is 1. The Balaban J connectivity index is 3.67. The quantitative estimate of drug-likeness (QED) is 0.543. The van der Waals surface area contributed by atoms with E-state index in [1.54, 1.807) is 0 Å². The fraction of sp³-hybridized carbons (Fsp3) is 1.00. The summed E-state index contributed by atoms with van der Waals surface area (Å²) in [4.78, 5) is 0. The maximum absolute atomic E-state index is 10.8. The molecule has 0 bridgehead atoms. The van der Waals surface area contributed by atoms with Crippen LogP contribution < -0.4 is 0 Å². The molecule has 0 aromatic heterocycles. The van der Waals surface area contributed by atoms with Gasteiger partial charge < -0.3 is 0 Å². The van der Waals surface area contributed by atoms with Gasteiger partial charge in [-0.2, -0.15) is 0 Å². The van der Waals surface area contributed by atoms with Crippen molar-refractivity contribution in [2.24, 2.45) is 11.8 Å². The second kappa shape index (κ2) is 8.55. The Kier molecular flexibility index (Phi) is 8.53. The molecule has 13 heavy (non-hydrogen) atoms. The number of rotatable bonds is 8. The van der Waals surface area contributed by atoms with Crippen molar-refractivity contribution < 1.29 is 5.11 Å². The lowest BCUT2D eigenvalue weighted by Crippen LogP contribution is -2.10. The molecule has 0 aliphatic rings. The highest BCUT2D eigenvalue weighted by Crippen LogP contribution is 2.22. The number of hydrogen-bond acceptors (Lipinski definition) is 0. The monoisotopic (exact) mass is 185 g/mol. The number of hydrogen-bond donors (Lipinski definition) is 0. The van der Waals surface area contributed by atoms with Crippen LogP contribution in [-0.2, 0) is 5.11 Å². The van der Waals surface area contributed by atoms with E-state index in [1.165, 1.54) is 25.7 Å². The molecule has 0 aliphatic carbocycles. The third-order valence-electron chi connectivity index (χ3n) is 3.02. The molecule has 0 aromatic carbocycles. The molecule has 0 rings (SSSR count). The van der Waals surface area contributed by atoms with Crippen LogP contribution in [0, 0.1) is 11.8 Å². The first kappa shape index (κ1) is 13.0. The standard InChI is InChI=1S/C12H25O/c1-4-7-8-11(5-2)9-12(6-3)10-13/h11-12H,4-10H2,1-3H3. The van der Waals surface area contributed by atoms with Crippen LogP contribution in [0.15, 0.2) is 0 Å². The lowest BCUT2D eigenvalue weighted by molar-refractivity contribution is 0.124. The highest BCUT2D eigenvalue weighted by atomic mass is 16.3. The Labute approximate surface area is 83.5 Å². The topological polar surface area (TPSA) is 19.9 Å². The van der Waals surface area contributed by atoms with E-state index in [1.807, 2.05) is 0 Å². The molecule has 0 heterocycles. The average Bonchev–Trinajstić information content (AvgIpc) is 2.19. The molecule has 1 heteroatoms. The second-order valence-corrected chi connectivity index (χ2v) is 4.09. The molecule has 0 saturated heterocycles. The normalized spacial score (nSPS) is 15.7. The summed E-state index contributed by atoms with van der Waals surface area (Å²) in [6.45, 7) is 6.74. The minimum Gasteiger partial charge on any atom is -0.236 e. The first-order chi connectivity index (χ1) is 6.28. The summed E-state index contributed by atoms with van der Waals surface area (Å²) in [7, 11) is 0. The Morgan fingerprint density at radius 3 is 2.00 bits per heavy atom. The van der Waals surface area contributed by atoms with Crippen LogP contribution in [0.3, 0.4) is 0 Å². The van der Waals surface area contributed by atoms with Crippen LogP contribution >= 0.6 is 0 Å². The summed E-state index contributed by atoms with van der Waals surface area (Å²) in [5.74, 6) is 1.24. The zero-order valence-electron chi connectivity index (χ0n) is 9.51. The van der Waals surface area contributed by atoms with Crippen molar-refractivity contribution in [3.05, 3.63) is 0 Å². The molecular weight excluding hydrogens is 160 g/mol. The average molecular weight is 185 g/mol. The largest absolute Gasteiger partial charge is 0.236 e. The van der Waals surface area contributed by atoms with E-state index in [0.717, 1.165) is 18.8 Å². The second-order valence-electron chi connectivity index (χ2n) is 4.09. The van der Waals surface area contributed by atoms with Crippen LogP contribution in [0.2, 0.25) is 0 Å². The van der Waals surface area contributed by atoms with E-state index in [0.29, 0.717) is 5.92 Å². The van der Waals surface area contributed by atoms with Crippen molar-refractivity contribution in [1.82, 2.24) is 0 Å². The molecule has 0 fully saturated rings. The van der Waals surface area contributed by atoms with E-state index in [2.05, 4.69) is 20.8 Å². The Bertz CT molecular complexity index is 97.3. The zero-order chi connectivity index (χ0) is 10.1. The van der Waals surface area contributed by atoms with Gasteiger partial charge >= 0.3 is 0 Å². The van der Waals surface area contributed by atoms with E-state index < -0.39 is 0 Å². The zero-order valence-corrected chi connectivity index (χ0v) is 9.51. The molecule has 1 radical (unpaired) electrons.